The molecule has 7 heteroatoms. The van der Waals surface area contributed by atoms with Crippen molar-refractivity contribution < 1.29 is 14.3 Å². The normalized spacial score (nSPS) is 18.0. The Morgan fingerprint density at radius 2 is 2.00 bits per heavy atom. The Labute approximate surface area is 231 Å². The third kappa shape index (κ3) is 5.43. The van der Waals surface area contributed by atoms with Gasteiger partial charge in [0.2, 0.25) is 5.91 Å². The third-order valence-electron chi connectivity index (χ3n) is 8.46. The summed E-state index contributed by atoms with van der Waals surface area (Å²) in [5.41, 5.74) is 3.22. The fourth-order valence-electron chi connectivity index (χ4n) is 5.77. The number of rotatable bonds is 6. The summed E-state index contributed by atoms with van der Waals surface area (Å²) in [7, 11) is 3.61. The van der Waals surface area contributed by atoms with Gasteiger partial charge in [-0.3, -0.25) is 9.59 Å². The summed E-state index contributed by atoms with van der Waals surface area (Å²) in [4.78, 5) is 33.4. The van der Waals surface area contributed by atoms with Crippen molar-refractivity contribution in [3.63, 3.8) is 0 Å². The van der Waals surface area contributed by atoms with Crippen LogP contribution in [0.4, 0.5) is 0 Å². The van der Waals surface area contributed by atoms with Crippen LogP contribution in [0.2, 0.25) is 0 Å². The van der Waals surface area contributed by atoms with Crippen LogP contribution < -0.4 is 4.74 Å². The molecule has 0 spiro atoms. The van der Waals surface area contributed by atoms with Gasteiger partial charge in [0.25, 0.3) is 0 Å². The van der Waals surface area contributed by atoms with E-state index in [1.807, 2.05) is 18.5 Å². The maximum absolute atomic E-state index is 13.5. The van der Waals surface area contributed by atoms with Crippen molar-refractivity contribution in [3.05, 3.63) is 58.9 Å². The minimum absolute atomic E-state index is 0.0656. The quantitative estimate of drug-likeness (QED) is 0.364. The first-order valence-electron chi connectivity index (χ1n) is 13.6. The van der Waals surface area contributed by atoms with E-state index >= 15 is 0 Å². The number of nitrogens with zero attached hydrogens (tertiary/aromatic N) is 4. The molecule has 1 aliphatic heterocycles. The lowest BCUT2D eigenvalue weighted by Crippen LogP contribution is -2.55. The van der Waals surface area contributed by atoms with Crippen molar-refractivity contribution in [1.29, 1.82) is 5.26 Å². The van der Waals surface area contributed by atoms with Gasteiger partial charge < -0.3 is 14.2 Å². The number of fused-ring (bicyclic) bond motifs is 1. The number of Topliss-reactive ketones (excluding diaryl/α,β-unsaturated/α-hetero) is 1. The zero-order valence-corrected chi connectivity index (χ0v) is 24.5. The van der Waals surface area contributed by atoms with E-state index in [9.17, 15) is 14.9 Å². The first kappa shape index (κ1) is 28.4. The zero-order valence-electron chi connectivity index (χ0n) is 24.5. The fourth-order valence-corrected chi connectivity index (χ4v) is 5.77. The predicted octanol–water partition coefficient (Wildman–Crippen LogP) is 6.05. The standard InChI is InChI=1S/C32H40N4O3/c1-20(31(2,3)4)30(38)36-13-12-23(16-32(36,5)6)25-19-35(7)29-27(25)28(39-8)24(18-34-29)15-26(37)22-11-9-10-21(14-22)17-33/h9-11,14,18-20,23H,12-13,15-16H2,1-8H3/t20-,23+/m0/s1. The van der Waals surface area contributed by atoms with Gasteiger partial charge in [0, 0.05) is 55.0 Å². The average Bonchev–Trinajstić information content (AvgIpc) is 3.23. The summed E-state index contributed by atoms with van der Waals surface area (Å²) in [6.07, 6.45) is 5.63. The Kier molecular flexibility index (Phi) is 7.62. The molecule has 206 valence electrons. The van der Waals surface area contributed by atoms with E-state index in [1.165, 1.54) is 0 Å². The molecule has 0 N–H and O–H groups in total. The number of aromatic nitrogens is 2. The average molecular weight is 529 g/mol. The highest BCUT2D eigenvalue weighted by atomic mass is 16.5. The largest absolute Gasteiger partial charge is 0.496 e. The van der Waals surface area contributed by atoms with Crippen LogP contribution in [-0.4, -0.2) is 45.3 Å². The first-order valence-corrected chi connectivity index (χ1v) is 13.6. The van der Waals surface area contributed by atoms with Crippen LogP contribution in [-0.2, 0) is 18.3 Å². The lowest BCUT2D eigenvalue weighted by molar-refractivity contribution is -0.146. The number of aryl methyl sites for hydroxylation is 1. The van der Waals surface area contributed by atoms with Gasteiger partial charge in [0.05, 0.1) is 24.1 Å². The van der Waals surface area contributed by atoms with Crippen LogP contribution in [0.3, 0.4) is 0 Å². The van der Waals surface area contributed by atoms with E-state index in [1.54, 1.807) is 37.6 Å². The number of hydrogen-bond donors (Lipinski definition) is 0. The minimum atomic E-state index is -0.304. The second-order valence-electron chi connectivity index (χ2n) is 12.6. The van der Waals surface area contributed by atoms with E-state index in [4.69, 9.17) is 9.72 Å². The van der Waals surface area contributed by atoms with E-state index in [0.29, 0.717) is 23.4 Å². The highest BCUT2D eigenvalue weighted by molar-refractivity contribution is 5.99. The van der Waals surface area contributed by atoms with Gasteiger partial charge in [-0.05, 0) is 55.7 Å². The van der Waals surface area contributed by atoms with Crippen molar-refractivity contribution in [1.82, 2.24) is 14.5 Å². The molecule has 0 bridgehead atoms. The highest BCUT2D eigenvalue weighted by Gasteiger charge is 2.42. The lowest BCUT2D eigenvalue weighted by Gasteiger charge is -2.48. The van der Waals surface area contributed by atoms with Gasteiger partial charge >= 0.3 is 0 Å². The Bertz CT molecular complexity index is 1450. The van der Waals surface area contributed by atoms with E-state index < -0.39 is 0 Å². The van der Waals surface area contributed by atoms with Gasteiger partial charge in [-0.2, -0.15) is 5.26 Å². The molecule has 7 nitrogen and oxygen atoms in total. The molecule has 1 fully saturated rings. The molecule has 0 saturated carbocycles. The summed E-state index contributed by atoms with van der Waals surface area (Å²) in [5.74, 6) is 0.933. The number of ketones is 1. The SMILES string of the molecule is COc1c(CC(=O)c2cccc(C#N)c2)cnc2c1c([C@@H]1CCN(C(=O)[C@H](C)C(C)(C)C)C(C)(C)C1)cn2C. The molecular weight excluding hydrogens is 488 g/mol. The number of pyridine rings is 1. The number of methoxy groups -OCH3 is 1. The number of carbonyl (C=O) groups excluding carboxylic acids is 2. The molecular formula is C32H40N4O3. The fraction of sp³-hybridized carbons (Fsp3) is 0.500. The number of benzene rings is 1. The van der Waals surface area contributed by atoms with Crippen LogP contribution >= 0.6 is 0 Å². The monoisotopic (exact) mass is 528 g/mol. The number of hydrogen-bond acceptors (Lipinski definition) is 5. The second kappa shape index (κ2) is 10.5. The highest BCUT2D eigenvalue weighted by Crippen LogP contribution is 2.44. The topological polar surface area (TPSA) is 88.2 Å². The predicted molar refractivity (Wildman–Crippen MR) is 153 cm³/mol. The smallest absolute Gasteiger partial charge is 0.226 e. The first-order chi connectivity index (χ1) is 18.3. The molecule has 0 radical (unpaired) electrons. The lowest BCUT2D eigenvalue weighted by atomic mass is 9.76. The summed E-state index contributed by atoms with van der Waals surface area (Å²) in [6.45, 7) is 13.4. The number of amides is 1. The molecule has 1 saturated heterocycles. The Balaban J connectivity index is 1.68. The molecule has 0 aliphatic carbocycles. The Morgan fingerprint density at radius 1 is 1.28 bits per heavy atom. The van der Waals surface area contributed by atoms with Gasteiger partial charge in [0.1, 0.15) is 11.4 Å². The van der Waals surface area contributed by atoms with Crippen LogP contribution in [0.1, 0.15) is 87.4 Å². The van der Waals surface area contributed by atoms with Crippen molar-refractivity contribution >= 4 is 22.7 Å². The van der Waals surface area contributed by atoms with Crippen molar-refractivity contribution in [2.75, 3.05) is 13.7 Å². The number of piperidine rings is 1. The molecule has 0 unspecified atom stereocenters. The summed E-state index contributed by atoms with van der Waals surface area (Å²) < 4.78 is 7.96. The molecule has 3 aromatic rings. The number of ether oxygens (including phenoxy) is 1. The number of likely N-dealkylation sites (tertiary alicyclic amines) is 1. The van der Waals surface area contributed by atoms with Crippen molar-refractivity contribution in [3.8, 4) is 11.8 Å². The third-order valence-corrected chi connectivity index (χ3v) is 8.46. The van der Waals surface area contributed by atoms with E-state index in [-0.39, 0.29) is 40.9 Å². The molecule has 1 aliphatic rings. The number of nitriles is 1. The van der Waals surface area contributed by atoms with Gasteiger partial charge in [0.15, 0.2) is 5.78 Å². The molecule has 39 heavy (non-hydrogen) atoms. The van der Waals surface area contributed by atoms with Gasteiger partial charge in [-0.1, -0.05) is 39.8 Å². The maximum atomic E-state index is 13.5. The minimum Gasteiger partial charge on any atom is -0.496 e. The summed E-state index contributed by atoms with van der Waals surface area (Å²) >= 11 is 0. The van der Waals surface area contributed by atoms with Crippen LogP contribution in [0.15, 0.2) is 36.7 Å². The summed E-state index contributed by atoms with van der Waals surface area (Å²) in [5, 5.41) is 10.2. The van der Waals surface area contributed by atoms with Crippen LogP contribution in [0.5, 0.6) is 5.75 Å². The molecule has 1 amide bonds. The second-order valence-corrected chi connectivity index (χ2v) is 12.6. The van der Waals surface area contributed by atoms with Gasteiger partial charge in [-0.15, -0.1) is 0 Å². The Hall–Kier alpha value is -3.66. The van der Waals surface area contributed by atoms with Crippen LogP contribution in [0, 0.1) is 22.7 Å². The van der Waals surface area contributed by atoms with E-state index in [0.717, 1.165) is 35.0 Å². The molecule has 4 rings (SSSR count). The van der Waals surface area contributed by atoms with Gasteiger partial charge in [-0.25, -0.2) is 4.98 Å². The van der Waals surface area contributed by atoms with Crippen LogP contribution in [0.25, 0.3) is 11.0 Å². The zero-order chi connectivity index (χ0) is 28.7. The number of carbonyl (C=O) groups is 2. The molecule has 2 atom stereocenters. The van der Waals surface area contributed by atoms with Crippen molar-refractivity contribution in [2.24, 2.45) is 18.4 Å². The molecule has 1 aromatic carbocycles. The maximum Gasteiger partial charge on any atom is 0.226 e. The Morgan fingerprint density at radius 3 is 2.62 bits per heavy atom. The van der Waals surface area contributed by atoms with Crippen molar-refractivity contribution in [2.45, 2.75) is 72.3 Å². The van der Waals surface area contributed by atoms with E-state index in [2.05, 4.69) is 51.8 Å². The molecule has 3 heterocycles. The molecule has 2 aromatic heterocycles. The summed E-state index contributed by atoms with van der Waals surface area (Å²) in [6, 6.07) is 8.85.